The van der Waals surface area contributed by atoms with E-state index in [-0.39, 0.29) is 0 Å². The van der Waals surface area contributed by atoms with Crippen LogP contribution in [0.1, 0.15) is 77.0 Å². The van der Waals surface area contributed by atoms with E-state index in [1.54, 1.807) is 32.1 Å². The molecule has 0 unspecified atom stereocenters. The molecule has 5 rings (SSSR count). The fraction of sp³-hybridized carbons (Fsp3) is 1.00. The molecule has 0 aromatic carbocycles. The highest BCUT2D eigenvalue weighted by Crippen LogP contribution is 2.53. The van der Waals surface area contributed by atoms with Gasteiger partial charge in [-0.2, -0.15) is 0 Å². The van der Waals surface area contributed by atoms with Crippen molar-refractivity contribution in [3.8, 4) is 0 Å². The molecule has 22 heavy (non-hydrogen) atoms. The van der Waals surface area contributed by atoms with E-state index >= 15 is 0 Å². The van der Waals surface area contributed by atoms with Gasteiger partial charge in [0.1, 0.15) is 0 Å². The lowest BCUT2D eigenvalue weighted by Gasteiger charge is -2.54. The first-order valence-electron chi connectivity index (χ1n) is 10.4. The van der Waals surface area contributed by atoms with E-state index in [1.807, 2.05) is 0 Å². The second kappa shape index (κ2) is 7.21. The third-order valence-electron chi connectivity index (χ3n) is 7.27. The fourth-order valence-corrected chi connectivity index (χ4v) is 6.43. The van der Waals surface area contributed by atoms with Crippen LogP contribution in [0.15, 0.2) is 0 Å². The van der Waals surface area contributed by atoms with E-state index in [0.717, 1.165) is 35.8 Å². The monoisotopic (exact) mass is 304 g/mol. The Balaban J connectivity index is 1.17. The van der Waals surface area contributed by atoms with Crippen molar-refractivity contribution in [1.82, 2.24) is 10.6 Å². The minimum absolute atomic E-state index is 0.806. The molecule has 0 aromatic rings. The van der Waals surface area contributed by atoms with Crippen molar-refractivity contribution in [2.45, 2.75) is 89.1 Å². The van der Waals surface area contributed by atoms with Gasteiger partial charge < -0.3 is 10.6 Å². The van der Waals surface area contributed by atoms with Gasteiger partial charge in [0.2, 0.25) is 0 Å². The largest absolute Gasteiger partial charge is 0.313 e. The highest BCUT2D eigenvalue weighted by atomic mass is 15.0. The molecule has 0 amide bonds. The summed E-state index contributed by atoms with van der Waals surface area (Å²) >= 11 is 0. The van der Waals surface area contributed by atoms with Crippen LogP contribution < -0.4 is 10.6 Å². The molecule has 0 spiro atoms. The van der Waals surface area contributed by atoms with Crippen LogP contribution >= 0.6 is 0 Å². The van der Waals surface area contributed by atoms with Gasteiger partial charge in [-0.15, -0.1) is 0 Å². The molecule has 5 aliphatic rings. The van der Waals surface area contributed by atoms with Crippen molar-refractivity contribution < 1.29 is 0 Å². The topological polar surface area (TPSA) is 24.1 Å². The minimum atomic E-state index is 0.806. The first-order chi connectivity index (χ1) is 10.9. The van der Waals surface area contributed by atoms with Gasteiger partial charge in [0.25, 0.3) is 0 Å². The first kappa shape index (κ1) is 15.4. The van der Waals surface area contributed by atoms with Gasteiger partial charge in [-0.3, -0.25) is 0 Å². The van der Waals surface area contributed by atoms with Crippen molar-refractivity contribution in [3.63, 3.8) is 0 Å². The molecule has 2 nitrogen and oxygen atoms in total. The van der Waals surface area contributed by atoms with Crippen LogP contribution in [0, 0.1) is 23.7 Å². The van der Waals surface area contributed by atoms with Crippen molar-refractivity contribution in [2.24, 2.45) is 23.7 Å². The maximum atomic E-state index is 3.97. The van der Waals surface area contributed by atoms with Gasteiger partial charge in [0, 0.05) is 25.2 Å². The summed E-state index contributed by atoms with van der Waals surface area (Å²) in [4.78, 5) is 0. The zero-order chi connectivity index (χ0) is 14.8. The van der Waals surface area contributed by atoms with Crippen LogP contribution in [0.3, 0.4) is 0 Å². The second-order valence-corrected chi connectivity index (χ2v) is 8.91. The Bertz CT molecular complexity index is 318. The lowest BCUT2D eigenvalue weighted by atomic mass is 9.54. The van der Waals surface area contributed by atoms with E-state index in [9.17, 15) is 0 Å². The Kier molecular flexibility index (Phi) is 5.07. The van der Waals surface area contributed by atoms with Gasteiger partial charge >= 0.3 is 0 Å². The molecule has 2 N–H and O–H groups in total. The molecule has 0 heterocycles. The summed E-state index contributed by atoms with van der Waals surface area (Å²) in [6.45, 7) is 2.39. The molecule has 5 saturated carbocycles. The van der Waals surface area contributed by atoms with E-state index in [0.29, 0.717) is 0 Å². The Morgan fingerprint density at radius 2 is 1.14 bits per heavy atom. The first-order valence-corrected chi connectivity index (χ1v) is 10.4. The van der Waals surface area contributed by atoms with E-state index < -0.39 is 0 Å². The number of nitrogens with one attached hydrogen (secondary N) is 2. The maximum absolute atomic E-state index is 3.97. The van der Waals surface area contributed by atoms with Crippen LogP contribution in [0.5, 0.6) is 0 Å². The highest BCUT2D eigenvalue weighted by molar-refractivity contribution is 5.01. The molecule has 0 saturated heterocycles. The normalized spacial score (nSPS) is 42.3. The molecule has 0 aliphatic heterocycles. The molecule has 0 radical (unpaired) electrons. The molecule has 5 aliphatic carbocycles. The molecular formula is C20H36N2. The molecule has 0 atom stereocenters. The second-order valence-electron chi connectivity index (χ2n) is 8.91. The zero-order valence-corrected chi connectivity index (χ0v) is 14.4. The number of hydrogen-bond acceptors (Lipinski definition) is 2. The zero-order valence-electron chi connectivity index (χ0n) is 14.4. The summed E-state index contributed by atoms with van der Waals surface area (Å²) in [6, 6.07) is 1.67. The van der Waals surface area contributed by atoms with Crippen LogP contribution in [-0.2, 0) is 0 Å². The van der Waals surface area contributed by atoms with Gasteiger partial charge in [0.05, 0.1) is 0 Å². The van der Waals surface area contributed by atoms with Gasteiger partial charge in [-0.05, 0) is 68.6 Å². The van der Waals surface area contributed by atoms with Crippen LogP contribution in [0.25, 0.3) is 0 Å². The predicted octanol–water partition coefficient (Wildman–Crippen LogP) is 4.10. The van der Waals surface area contributed by atoms with Gasteiger partial charge in [0.15, 0.2) is 0 Å². The van der Waals surface area contributed by atoms with Crippen molar-refractivity contribution >= 4 is 0 Å². The summed E-state index contributed by atoms with van der Waals surface area (Å²) in [7, 11) is 0. The van der Waals surface area contributed by atoms with Gasteiger partial charge in [-0.25, -0.2) is 0 Å². The summed E-state index contributed by atoms with van der Waals surface area (Å²) in [6.07, 6.45) is 17.9. The highest BCUT2D eigenvalue weighted by Gasteiger charge is 2.47. The van der Waals surface area contributed by atoms with Crippen LogP contribution in [0.2, 0.25) is 0 Å². The molecule has 126 valence electrons. The smallest absolute Gasteiger partial charge is 0.0124 e. The summed E-state index contributed by atoms with van der Waals surface area (Å²) in [5.74, 6) is 4.26. The summed E-state index contributed by atoms with van der Waals surface area (Å²) < 4.78 is 0. The Hall–Kier alpha value is -0.0800. The van der Waals surface area contributed by atoms with E-state index in [1.165, 1.54) is 58.0 Å². The lowest BCUT2D eigenvalue weighted by molar-refractivity contribution is -0.0134. The SMILES string of the molecule is C1CCCC(NCCNC2C3CC4CC(C3)CC2C4)CCC1. The lowest BCUT2D eigenvalue weighted by Crippen LogP contribution is -2.55. The quantitative estimate of drug-likeness (QED) is 0.747. The molecule has 4 bridgehead atoms. The Morgan fingerprint density at radius 3 is 1.77 bits per heavy atom. The fourth-order valence-electron chi connectivity index (χ4n) is 6.43. The maximum Gasteiger partial charge on any atom is 0.0124 e. The summed E-state index contributed by atoms with van der Waals surface area (Å²) in [5.41, 5.74) is 0. The standard InChI is InChI=1S/C20H36N2/c1-2-4-6-19(7-5-3-1)21-8-9-22-20-17-11-15-10-16(13-17)14-18(20)12-15/h15-22H,1-14H2. The number of hydrogen-bond donors (Lipinski definition) is 2. The van der Waals surface area contributed by atoms with E-state index in [2.05, 4.69) is 10.6 Å². The molecule has 5 fully saturated rings. The van der Waals surface area contributed by atoms with E-state index in [4.69, 9.17) is 0 Å². The van der Waals surface area contributed by atoms with Crippen molar-refractivity contribution in [3.05, 3.63) is 0 Å². The minimum Gasteiger partial charge on any atom is -0.313 e. The van der Waals surface area contributed by atoms with Gasteiger partial charge in [-0.1, -0.05) is 32.1 Å². The molecule has 0 aromatic heterocycles. The average molecular weight is 305 g/mol. The average Bonchev–Trinajstić information content (AvgIpc) is 2.46. The van der Waals surface area contributed by atoms with Crippen molar-refractivity contribution in [2.75, 3.05) is 13.1 Å². The third kappa shape index (κ3) is 3.53. The molecular weight excluding hydrogens is 268 g/mol. The number of rotatable bonds is 5. The Labute approximate surface area is 137 Å². The van der Waals surface area contributed by atoms with Crippen molar-refractivity contribution in [1.29, 1.82) is 0 Å². The summed E-state index contributed by atoms with van der Waals surface area (Å²) in [5, 5.41) is 7.82. The predicted molar refractivity (Wildman–Crippen MR) is 92.9 cm³/mol. The molecule has 2 heteroatoms. The third-order valence-corrected chi connectivity index (χ3v) is 7.27. The Morgan fingerprint density at radius 1 is 0.591 bits per heavy atom. The van der Waals surface area contributed by atoms with Crippen LogP contribution in [0.4, 0.5) is 0 Å². The van der Waals surface area contributed by atoms with Crippen LogP contribution in [-0.4, -0.2) is 25.2 Å².